The van der Waals surface area contributed by atoms with Crippen molar-refractivity contribution in [1.29, 1.82) is 0 Å². The molecule has 0 saturated carbocycles. The monoisotopic (exact) mass is 217 g/mol. The molecule has 86 valence electrons. The van der Waals surface area contributed by atoms with Gasteiger partial charge in [-0.1, -0.05) is 0 Å². The minimum absolute atomic E-state index is 0.642. The Morgan fingerprint density at radius 1 is 1.38 bits per heavy atom. The molecule has 3 fully saturated rings. The number of pyridine rings is 1. The second kappa shape index (κ2) is 4.06. The highest BCUT2D eigenvalue weighted by molar-refractivity contribution is 5.49. The third-order valence-corrected chi connectivity index (χ3v) is 4.02. The molecule has 2 bridgehead atoms. The van der Waals surface area contributed by atoms with Crippen molar-refractivity contribution in [2.75, 3.05) is 25.0 Å². The summed E-state index contributed by atoms with van der Waals surface area (Å²) >= 11 is 0. The predicted molar refractivity (Wildman–Crippen MR) is 65.5 cm³/mol. The Morgan fingerprint density at radius 2 is 2.19 bits per heavy atom. The van der Waals surface area contributed by atoms with Crippen molar-refractivity contribution in [2.45, 2.75) is 25.8 Å². The summed E-state index contributed by atoms with van der Waals surface area (Å²) in [6, 6.07) is 2.73. The molecule has 3 heteroatoms. The van der Waals surface area contributed by atoms with E-state index in [0.29, 0.717) is 6.04 Å². The summed E-state index contributed by atoms with van der Waals surface area (Å²) in [4.78, 5) is 6.71. The fourth-order valence-corrected chi connectivity index (χ4v) is 2.96. The number of aryl methyl sites for hydroxylation is 1. The Kier molecular flexibility index (Phi) is 2.56. The first-order valence-electron chi connectivity index (χ1n) is 6.22. The molecular formula is C13H19N3. The zero-order chi connectivity index (χ0) is 11.0. The Balaban J connectivity index is 1.73. The van der Waals surface area contributed by atoms with Gasteiger partial charge in [0, 0.05) is 30.7 Å². The molecule has 0 aromatic carbocycles. The van der Waals surface area contributed by atoms with Gasteiger partial charge in [0.15, 0.2) is 0 Å². The lowest BCUT2D eigenvalue weighted by Gasteiger charge is -2.45. The van der Waals surface area contributed by atoms with Gasteiger partial charge in [-0.25, -0.2) is 0 Å². The summed E-state index contributed by atoms with van der Waals surface area (Å²) < 4.78 is 0. The molecule has 3 nitrogen and oxygen atoms in total. The minimum Gasteiger partial charge on any atom is -0.380 e. The third-order valence-electron chi connectivity index (χ3n) is 4.02. The minimum atomic E-state index is 0.642. The van der Waals surface area contributed by atoms with Gasteiger partial charge in [-0.05, 0) is 50.4 Å². The molecule has 1 aromatic heterocycles. The molecule has 1 aromatic rings. The van der Waals surface area contributed by atoms with E-state index >= 15 is 0 Å². The highest BCUT2D eigenvalue weighted by Crippen LogP contribution is 2.30. The fourth-order valence-electron chi connectivity index (χ4n) is 2.96. The molecular weight excluding hydrogens is 198 g/mol. The number of aromatic nitrogens is 1. The van der Waals surface area contributed by atoms with Gasteiger partial charge in [-0.3, -0.25) is 4.98 Å². The van der Waals surface area contributed by atoms with Crippen molar-refractivity contribution in [3.63, 3.8) is 0 Å². The van der Waals surface area contributed by atoms with Crippen LogP contribution in [0.2, 0.25) is 0 Å². The van der Waals surface area contributed by atoms with Gasteiger partial charge in [0.05, 0.1) is 0 Å². The highest BCUT2D eigenvalue weighted by Gasteiger charge is 2.33. The van der Waals surface area contributed by atoms with E-state index in [4.69, 9.17) is 0 Å². The van der Waals surface area contributed by atoms with Gasteiger partial charge in [0.1, 0.15) is 0 Å². The first-order valence-corrected chi connectivity index (χ1v) is 6.22. The average molecular weight is 217 g/mol. The van der Waals surface area contributed by atoms with E-state index in [1.807, 2.05) is 12.4 Å². The Bertz CT molecular complexity index is 369. The molecule has 1 N–H and O–H groups in total. The van der Waals surface area contributed by atoms with Gasteiger partial charge >= 0.3 is 0 Å². The molecule has 16 heavy (non-hydrogen) atoms. The van der Waals surface area contributed by atoms with E-state index < -0.39 is 0 Å². The standard InChI is InChI=1S/C13H19N3/c1-10-8-14-5-2-12(10)15-13-9-16-6-3-11(13)4-7-16/h2,5,8,11,13H,3-4,6-7,9H2,1H3,(H,14,15). The summed E-state index contributed by atoms with van der Waals surface area (Å²) in [5, 5.41) is 3.70. The Hall–Kier alpha value is -1.09. The van der Waals surface area contributed by atoms with Crippen LogP contribution in [0.15, 0.2) is 18.5 Å². The summed E-state index contributed by atoms with van der Waals surface area (Å²) in [6.07, 6.45) is 6.53. The third kappa shape index (κ3) is 1.80. The van der Waals surface area contributed by atoms with E-state index in [0.717, 1.165) is 5.92 Å². The van der Waals surface area contributed by atoms with Crippen LogP contribution in [0.25, 0.3) is 0 Å². The predicted octanol–water partition coefficient (Wildman–Crippen LogP) is 1.90. The molecule has 3 saturated heterocycles. The zero-order valence-corrected chi connectivity index (χ0v) is 9.82. The molecule has 1 atom stereocenters. The summed E-state index contributed by atoms with van der Waals surface area (Å²) in [5.74, 6) is 0.873. The van der Waals surface area contributed by atoms with Gasteiger partial charge in [-0.2, -0.15) is 0 Å². The van der Waals surface area contributed by atoms with E-state index in [1.54, 1.807) is 0 Å². The van der Waals surface area contributed by atoms with Crippen molar-refractivity contribution in [3.8, 4) is 0 Å². The lowest BCUT2D eigenvalue weighted by molar-refractivity contribution is 0.0975. The lowest BCUT2D eigenvalue weighted by atomic mass is 9.84. The van der Waals surface area contributed by atoms with Crippen LogP contribution in [-0.2, 0) is 0 Å². The molecule has 1 unspecified atom stereocenters. The van der Waals surface area contributed by atoms with Crippen LogP contribution < -0.4 is 5.32 Å². The van der Waals surface area contributed by atoms with Crippen LogP contribution >= 0.6 is 0 Å². The normalized spacial score (nSPS) is 32.7. The average Bonchev–Trinajstić information content (AvgIpc) is 2.34. The maximum Gasteiger partial charge on any atom is 0.0417 e. The van der Waals surface area contributed by atoms with Crippen LogP contribution in [0.4, 0.5) is 5.69 Å². The number of nitrogens with one attached hydrogen (secondary N) is 1. The molecule has 3 aliphatic rings. The molecule has 0 spiro atoms. The summed E-state index contributed by atoms with van der Waals surface area (Å²) in [7, 11) is 0. The smallest absolute Gasteiger partial charge is 0.0417 e. The number of piperidine rings is 3. The van der Waals surface area contributed by atoms with Crippen molar-refractivity contribution < 1.29 is 0 Å². The zero-order valence-electron chi connectivity index (χ0n) is 9.82. The van der Waals surface area contributed by atoms with E-state index in [-0.39, 0.29) is 0 Å². The highest BCUT2D eigenvalue weighted by atomic mass is 15.2. The molecule has 3 aliphatic heterocycles. The number of hydrogen-bond donors (Lipinski definition) is 1. The van der Waals surface area contributed by atoms with Crippen LogP contribution in [0.5, 0.6) is 0 Å². The van der Waals surface area contributed by atoms with Gasteiger partial charge in [0.25, 0.3) is 0 Å². The number of anilines is 1. The van der Waals surface area contributed by atoms with Crippen molar-refractivity contribution in [1.82, 2.24) is 9.88 Å². The maximum absolute atomic E-state index is 4.14. The second-order valence-electron chi connectivity index (χ2n) is 5.08. The van der Waals surface area contributed by atoms with Crippen LogP contribution in [0, 0.1) is 12.8 Å². The van der Waals surface area contributed by atoms with Gasteiger partial charge in [-0.15, -0.1) is 0 Å². The quantitative estimate of drug-likeness (QED) is 0.820. The van der Waals surface area contributed by atoms with E-state index in [1.165, 1.54) is 43.7 Å². The lowest BCUT2D eigenvalue weighted by Crippen LogP contribution is -2.53. The number of rotatable bonds is 2. The molecule has 4 heterocycles. The first-order chi connectivity index (χ1) is 7.83. The fraction of sp³-hybridized carbons (Fsp3) is 0.615. The van der Waals surface area contributed by atoms with E-state index in [9.17, 15) is 0 Å². The van der Waals surface area contributed by atoms with E-state index in [2.05, 4.69) is 28.2 Å². The summed E-state index contributed by atoms with van der Waals surface area (Å²) in [5.41, 5.74) is 2.51. The topological polar surface area (TPSA) is 28.2 Å². The van der Waals surface area contributed by atoms with Crippen LogP contribution in [-0.4, -0.2) is 35.6 Å². The second-order valence-corrected chi connectivity index (χ2v) is 5.08. The first kappa shape index (κ1) is 10.1. The van der Waals surface area contributed by atoms with Gasteiger partial charge < -0.3 is 10.2 Å². The molecule has 0 amide bonds. The largest absolute Gasteiger partial charge is 0.380 e. The summed E-state index contributed by atoms with van der Waals surface area (Å²) in [6.45, 7) is 5.94. The van der Waals surface area contributed by atoms with Crippen molar-refractivity contribution >= 4 is 5.69 Å². The Morgan fingerprint density at radius 3 is 2.81 bits per heavy atom. The molecule has 0 aliphatic carbocycles. The number of nitrogens with zero attached hydrogens (tertiary/aromatic N) is 2. The molecule has 0 radical (unpaired) electrons. The SMILES string of the molecule is Cc1cnccc1NC1CN2CCC1CC2. The number of hydrogen-bond acceptors (Lipinski definition) is 3. The van der Waals surface area contributed by atoms with Crippen LogP contribution in [0.3, 0.4) is 0 Å². The Labute approximate surface area is 96.9 Å². The van der Waals surface area contributed by atoms with Crippen molar-refractivity contribution in [2.24, 2.45) is 5.92 Å². The van der Waals surface area contributed by atoms with Crippen molar-refractivity contribution in [3.05, 3.63) is 24.0 Å². The molecule has 4 rings (SSSR count). The number of fused-ring (bicyclic) bond motifs is 3. The van der Waals surface area contributed by atoms with Gasteiger partial charge in [0.2, 0.25) is 0 Å². The maximum atomic E-state index is 4.14. The van der Waals surface area contributed by atoms with Crippen LogP contribution in [0.1, 0.15) is 18.4 Å².